The molecule has 1 fully saturated rings. The minimum atomic E-state index is -0.347. The van der Waals surface area contributed by atoms with Crippen molar-refractivity contribution in [3.05, 3.63) is 41.6 Å². The molecule has 0 spiro atoms. The van der Waals surface area contributed by atoms with E-state index in [1.807, 2.05) is 42.7 Å². The average Bonchev–Trinajstić information content (AvgIpc) is 3.08. The summed E-state index contributed by atoms with van der Waals surface area (Å²) in [5.74, 6) is 1.19. The van der Waals surface area contributed by atoms with E-state index in [1.165, 1.54) is 0 Å². The van der Waals surface area contributed by atoms with Gasteiger partial charge in [0.2, 0.25) is 0 Å². The lowest BCUT2D eigenvalue weighted by atomic mass is 9.98. The zero-order valence-electron chi connectivity index (χ0n) is 15.7. The summed E-state index contributed by atoms with van der Waals surface area (Å²) in [7, 11) is 1.99. The first-order valence-corrected chi connectivity index (χ1v) is 9.79. The summed E-state index contributed by atoms with van der Waals surface area (Å²) in [6, 6.07) is 9.29. The van der Waals surface area contributed by atoms with Gasteiger partial charge in [-0.2, -0.15) is 9.61 Å². The molecule has 1 unspecified atom stereocenters. The van der Waals surface area contributed by atoms with Crippen LogP contribution in [0.4, 0.5) is 10.6 Å². The van der Waals surface area contributed by atoms with Crippen molar-refractivity contribution in [2.45, 2.75) is 12.8 Å². The number of hydrogen-bond donors (Lipinski definition) is 2. The summed E-state index contributed by atoms with van der Waals surface area (Å²) >= 11 is 6.39. The van der Waals surface area contributed by atoms with Crippen molar-refractivity contribution in [3.8, 4) is 11.3 Å². The molecule has 0 saturated carbocycles. The van der Waals surface area contributed by atoms with E-state index >= 15 is 0 Å². The normalized spacial score (nSPS) is 17.0. The van der Waals surface area contributed by atoms with Crippen molar-refractivity contribution >= 4 is 42.4 Å². The molecule has 4 rings (SSSR count). The summed E-state index contributed by atoms with van der Waals surface area (Å²) in [6.45, 7) is 2.14. The molecule has 3 heterocycles. The van der Waals surface area contributed by atoms with E-state index in [9.17, 15) is 4.79 Å². The van der Waals surface area contributed by atoms with E-state index in [4.69, 9.17) is 22.3 Å². The topological polar surface area (TPSA) is 88.5 Å². The van der Waals surface area contributed by atoms with Gasteiger partial charge in [0.15, 0.2) is 5.65 Å². The number of primary amides is 1. The van der Waals surface area contributed by atoms with Crippen LogP contribution in [0.3, 0.4) is 0 Å². The van der Waals surface area contributed by atoms with Crippen molar-refractivity contribution in [1.82, 2.24) is 19.5 Å². The number of nitrogens with two attached hydrogens (primary N) is 1. The highest BCUT2D eigenvalue weighted by atomic mass is 35.5. The van der Waals surface area contributed by atoms with Crippen molar-refractivity contribution in [1.29, 1.82) is 0 Å². The predicted octanol–water partition coefficient (Wildman–Crippen LogP) is 1.51. The number of nitrogens with one attached hydrogen (secondary N) is 1. The molecule has 28 heavy (non-hydrogen) atoms. The summed E-state index contributed by atoms with van der Waals surface area (Å²) in [6.07, 6.45) is 3.83. The van der Waals surface area contributed by atoms with Gasteiger partial charge in [-0.15, -0.1) is 0 Å². The Morgan fingerprint density at radius 2 is 2.21 bits per heavy atom. The third-order valence-corrected chi connectivity index (χ3v) is 5.53. The Labute approximate surface area is 169 Å². The predicted molar refractivity (Wildman–Crippen MR) is 114 cm³/mol. The number of nitrogens with zero attached hydrogens (tertiary/aromatic N) is 4. The molecule has 2 aromatic heterocycles. The number of halogens is 1. The summed E-state index contributed by atoms with van der Waals surface area (Å²) in [5.41, 5.74) is 8.91. The molecule has 1 aliphatic rings. The van der Waals surface area contributed by atoms with Crippen LogP contribution in [0.15, 0.2) is 36.5 Å². The number of piperidine rings is 1. The third kappa shape index (κ3) is 3.64. The van der Waals surface area contributed by atoms with Crippen LogP contribution >= 0.6 is 11.6 Å². The Morgan fingerprint density at radius 3 is 3.00 bits per heavy atom. The van der Waals surface area contributed by atoms with E-state index in [0.29, 0.717) is 17.5 Å². The lowest BCUT2D eigenvalue weighted by Crippen LogP contribution is -2.44. The van der Waals surface area contributed by atoms with E-state index in [2.05, 4.69) is 10.4 Å². The zero-order chi connectivity index (χ0) is 19.7. The molecule has 1 saturated heterocycles. The molecule has 0 radical (unpaired) electrons. The van der Waals surface area contributed by atoms with Crippen molar-refractivity contribution in [2.24, 2.45) is 11.7 Å². The lowest BCUT2D eigenvalue weighted by molar-refractivity contribution is 0.177. The molecule has 3 aromatic rings. The molecule has 0 aliphatic carbocycles. The quantitative estimate of drug-likeness (QED) is 0.654. The van der Waals surface area contributed by atoms with Gasteiger partial charge in [0.05, 0.1) is 5.69 Å². The molecule has 1 aromatic carbocycles. The smallest absolute Gasteiger partial charge is 0.314 e. The third-order valence-electron chi connectivity index (χ3n) is 5.20. The maximum absolute atomic E-state index is 11.5. The van der Waals surface area contributed by atoms with Gasteiger partial charge in [0.25, 0.3) is 0 Å². The Morgan fingerprint density at radius 1 is 1.39 bits per heavy atom. The number of hydrogen-bond acceptors (Lipinski definition) is 4. The molecule has 7 nitrogen and oxygen atoms in total. The number of benzene rings is 1. The highest BCUT2D eigenvalue weighted by Crippen LogP contribution is 2.28. The van der Waals surface area contributed by atoms with Crippen LogP contribution in [-0.4, -0.2) is 53.0 Å². The fourth-order valence-corrected chi connectivity index (χ4v) is 3.92. The number of amides is 2. The molecular weight excluding hydrogens is 375 g/mol. The van der Waals surface area contributed by atoms with Crippen LogP contribution in [0.1, 0.15) is 12.8 Å². The van der Waals surface area contributed by atoms with Crippen LogP contribution in [0.5, 0.6) is 0 Å². The second kappa shape index (κ2) is 7.71. The minimum Gasteiger partial charge on any atom is -0.370 e. The molecule has 1 aliphatic heterocycles. The number of aromatic nitrogens is 3. The summed E-state index contributed by atoms with van der Waals surface area (Å²) < 4.78 is 1.81. The monoisotopic (exact) mass is 396 g/mol. The number of rotatable bonds is 4. The first-order chi connectivity index (χ1) is 13.5. The van der Waals surface area contributed by atoms with Crippen LogP contribution in [0.25, 0.3) is 16.9 Å². The molecule has 9 heteroatoms. The zero-order valence-corrected chi connectivity index (χ0v) is 16.5. The van der Waals surface area contributed by atoms with Gasteiger partial charge in [-0.3, -0.25) is 0 Å². The fourth-order valence-electron chi connectivity index (χ4n) is 3.69. The number of urea groups is 1. The highest BCUT2D eigenvalue weighted by Gasteiger charge is 2.22. The number of likely N-dealkylation sites (tertiary alicyclic amines) is 1. The second-order valence-electron chi connectivity index (χ2n) is 7.24. The maximum Gasteiger partial charge on any atom is 0.314 e. The molecule has 0 bridgehead atoms. The number of fused-ring (bicyclic) bond motifs is 1. The second-order valence-corrected chi connectivity index (χ2v) is 7.65. The van der Waals surface area contributed by atoms with Gasteiger partial charge in [-0.1, -0.05) is 29.8 Å². The Kier molecular flexibility index (Phi) is 5.13. The Balaban J connectivity index is 1.63. The van der Waals surface area contributed by atoms with Gasteiger partial charge in [-0.05, 0) is 30.3 Å². The molecule has 3 N–H and O–H groups in total. The molecular formula is C19H22BClN6O. The van der Waals surface area contributed by atoms with Gasteiger partial charge in [-0.25, -0.2) is 9.78 Å². The largest absolute Gasteiger partial charge is 0.370 e. The summed E-state index contributed by atoms with van der Waals surface area (Å²) in [4.78, 5) is 18.0. The van der Waals surface area contributed by atoms with E-state index in [1.54, 1.807) is 11.1 Å². The number of carbonyl (C=O) groups is 1. The number of carbonyl (C=O) groups excluding carboxylic acids is 1. The van der Waals surface area contributed by atoms with Gasteiger partial charge < -0.3 is 16.0 Å². The van der Waals surface area contributed by atoms with Crippen molar-refractivity contribution in [3.63, 3.8) is 0 Å². The molecule has 1 atom stereocenters. The van der Waals surface area contributed by atoms with Crippen LogP contribution in [-0.2, 0) is 0 Å². The van der Waals surface area contributed by atoms with E-state index in [-0.39, 0.29) is 6.03 Å². The van der Waals surface area contributed by atoms with E-state index in [0.717, 1.165) is 54.1 Å². The summed E-state index contributed by atoms with van der Waals surface area (Å²) in [5, 5.41) is 8.61. The maximum atomic E-state index is 11.5. The Hall–Kier alpha value is -2.74. The Bertz CT molecular complexity index is 1020. The fraction of sp³-hybridized carbons (Fsp3) is 0.316. The van der Waals surface area contributed by atoms with Crippen LogP contribution in [0, 0.1) is 5.92 Å². The first-order valence-electron chi connectivity index (χ1n) is 9.41. The van der Waals surface area contributed by atoms with Gasteiger partial charge in [0.1, 0.15) is 13.7 Å². The van der Waals surface area contributed by atoms with E-state index < -0.39 is 0 Å². The number of anilines is 1. The molecule has 144 valence electrons. The van der Waals surface area contributed by atoms with Crippen LogP contribution in [0.2, 0.25) is 5.02 Å². The SMILES string of the molecule is Bc1cnn2c(NCC3CCCN(C(N)=O)C3)cc(-c3ccccc3Cl)nc12. The standard InChI is InChI=1S/C19H22BClN6O/c20-14-10-24-27-17(23-9-12-4-3-7-26(11-12)19(22)28)8-16(25-18(14)27)13-5-1-2-6-15(13)21/h1-2,5-6,8,10,12,23H,3-4,7,9,11,20H2,(H2,22,28). The minimum absolute atomic E-state index is 0.338. The van der Waals surface area contributed by atoms with Gasteiger partial charge in [0, 0.05) is 42.5 Å². The molecule has 2 amide bonds. The van der Waals surface area contributed by atoms with Crippen LogP contribution < -0.4 is 16.5 Å². The average molecular weight is 397 g/mol. The van der Waals surface area contributed by atoms with Gasteiger partial charge >= 0.3 is 6.03 Å². The first kappa shape index (κ1) is 18.6. The highest BCUT2D eigenvalue weighted by molar-refractivity contribution is 6.36. The van der Waals surface area contributed by atoms with Crippen molar-refractivity contribution < 1.29 is 4.79 Å². The van der Waals surface area contributed by atoms with Crippen molar-refractivity contribution in [2.75, 3.05) is 25.0 Å². The lowest BCUT2D eigenvalue weighted by Gasteiger charge is -2.31.